The van der Waals surface area contributed by atoms with Crippen LogP contribution in [0.1, 0.15) is 37.8 Å². The zero-order valence-corrected chi connectivity index (χ0v) is 11.4. The summed E-state index contributed by atoms with van der Waals surface area (Å²) >= 11 is 0. The van der Waals surface area contributed by atoms with Crippen LogP contribution in [0.15, 0.2) is 35.9 Å². The second kappa shape index (κ2) is 3.27. The average molecular weight is 250 g/mol. The second-order valence-electron chi connectivity index (χ2n) is 6.72. The minimum Gasteiger partial charge on any atom is -0.294 e. The van der Waals surface area contributed by atoms with Crippen LogP contribution in [0.5, 0.6) is 0 Å². The van der Waals surface area contributed by atoms with Gasteiger partial charge in [0.15, 0.2) is 5.78 Å². The van der Waals surface area contributed by atoms with E-state index in [1.54, 1.807) is 0 Å². The minimum atomic E-state index is -0.268. The number of rotatable bonds is 0. The Kier molecular flexibility index (Phi) is 1.93. The standard InChI is InChI=1S/C18H18O/c1-17(2)15-7-9-18(17)8-6-12-4-3-5-13(10-12)11-14(15)16(18)19/h3-6,8,10-11,15H,7,9H2,1-2H3/b8-6-,14-11?. The Bertz CT molecular complexity index is 647. The molecule has 2 saturated carbocycles. The maximum absolute atomic E-state index is 12.9. The van der Waals surface area contributed by atoms with E-state index in [1.165, 1.54) is 5.56 Å². The molecule has 0 heterocycles. The topological polar surface area (TPSA) is 17.1 Å². The highest BCUT2D eigenvalue weighted by Crippen LogP contribution is 2.67. The molecular weight excluding hydrogens is 232 g/mol. The highest BCUT2D eigenvalue weighted by atomic mass is 16.1. The van der Waals surface area contributed by atoms with E-state index in [2.05, 4.69) is 56.3 Å². The van der Waals surface area contributed by atoms with Crippen LogP contribution in [0.2, 0.25) is 0 Å². The van der Waals surface area contributed by atoms with Crippen molar-refractivity contribution in [2.45, 2.75) is 26.7 Å². The smallest absolute Gasteiger partial charge is 0.169 e. The number of fused-ring (bicyclic) bond motifs is 5. The third-order valence-corrected chi connectivity index (χ3v) is 5.68. The van der Waals surface area contributed by atoms with Gasteiger partial charge in [-0.2, -0.15) is 0 Å². The number of Topliss-reactive ketones (excluding diaryl/α,β-unsaturated/α-hetero) is 1. The first-order valence-electron chi connectivity index (χ1n) is 7.10. The van der Waals surface area contributed by atoms with Gasteiger partial charge in [-0.3, -0.25) is 4.79 Å². The minimum absolute atomic E-state index is 0.0584. The van der Waals surface area contributed by atoms with Crippen molar-refractivity contribution in [3.8, 4) is 0 Å². The van der Waals surface area contributed by atoms with Gasteiger partial charge in [0, 0.05) is 5.57 Å². The Labute approximate surface area is 114 Å². The van der Waals surface area contributed by atoms with Crippen molar-refractivity contribution in [2.75, 3.05) is 0 Å². The Morgan fingerprint density at radius 3 is 2.84 bits per heavy atom. The van der Waals surface area contributed by atoms with Crippen molar-refractivity contribution < 1.29 is 4.79 Å². The molecule has 1 aromatic rings. The largest absolute Gasteiger partial charge is 0.294 e. The number of allylic oxidation sites excluding steroid dienone is 2. The molecule has 0 aromatic heterocycles. The highest BCUT2D eigenvalue weighted by Gasteiger charge is 2.65. The Hall–Kier alpha value is -1.63. The van der Waals surface area contributed by atoms with Crippen molar-refractivity contribution in [2.24, 2.45) is 16.7 Å². The van der Waals surface area contributed by atoms with Gasteiger partial charge in [0.2, 0.25) is 0 Å². The first kappa shape index (κ1) is 11.2. The third kappa shape index (κ3) is 1.19. The van der Waals surface area contributed by atoms with Crippen molar-refractivity contribution >= 4 is 17.9 Å². The van der Waals surface area contributed by atoms with Crippen LogP contribution in [0.4, 0.5) is 0 Å². The number of carbonyl (C=O) groups excluding carboxylic acids is 1. The van der Waals surface area contributed by atoms with E-state index in [0.717, 1.165) is 24.0 Å². The monoisotopic (exact) mass is 250 g/mol. The van der Waals surface area contributed by atoms with Crippen LogP contribution < -0.4 is 0 Å². The molecule has 0 radical (unpaired) electrons. The summed E-state index contributed by atoms with van der Waals surface area (Å²) in [4.78, 5) is 12.9. The number of hydrogen-bond acceptors (Lipinski definition) is 1. The van der Waals surface area contributed by atoms with Crippen LogP contribution in [0.25, 0.3) is 12.2 Å². The first-order valence-corrected chi connectivity index (χ1v) is 7.10. The molecular formula is C18H18O. The van der Waals surface area contributed by atoms with E-state index in [0.29, 0.717) is 11.7 Å². The lowest BCUT2D eigenvalue weighted by Crippen LogP contribution is -2.33. The van der Waals surface area contributed by atoms with E-state index in [4.69, 9.17) is 0 Å². The highest BCUT2D eigenvalue weighted by molar-refractivity contribution is 6.10. The average Bonchev–Trinajstić information content (AvgIpc) is 2.72. The van der Waals surface area contributed by atoms with Crippen LogP contribution in [0.3, 0.4) is 0 Å². The molecule has 2 fully saturated rings. The number of carbonyl (C=O) groups is 1. The van der Waals surface area contributed by atoms with Crippen molar-refractivity contribution in [1.29, 1.82) is 0 Å². The molecule has 1 aromatic carbocycles. The summed E-state index contributed by atoms with van der Waals surface area (Å²) in [5.74, 6) is 0.791. The number of ketones is 1. The summed E-state index contributed by atoms with van der Waals surface area (Å²) in [5.41, 5.74) is 3.20. The van der Waals surface area contributed by atoms with Crippen molar-refractivity contribution in [1.82, 2.24) is 0 Å². The van der Waals surface area contributed by atoms with Gasteiger partial charge in [0.1, 0.15) is 0 Å². The predicted molar refractivity (Wildman–Crippen MR) is 77.4 cm³/mol. The summed E-state index contributed by atoms with van der Waals surface area (Å²) < 4.78 is 0. The molecule has 1 nitrogen and oxygen atoms in total. The van der Waals surface area contributed by atoms with Gasteiger partial charge in [0.05, 0.1) is 5.41 Å². The van der Waals surface area contributed by atoms with Gasteiger partial charge >= 0.3 is 0 Å². The lowest BCUT2D eigenvalue weighted by Gasteiger charge is -2.33. The zero-order chi connectivity index (χ0) is 13.3. The maximum atomic E-state index is 12.9. The summed E-state index contributed by atoms with van der Waals surface area (Å²) in [5, 5.41) is 0. The quantitative estimate of drug-likeness (QED) is 0.677. The Morgan fingerprint density at radius 1 is 1.21 bits per heavy atom. The molecule has 3 aliphatic rings. The van der Waals surface area contributed by atoms with E-state index >= 15 is 0 Å². The van der Waals surface area contributed by atoms with Crippen molar-refractivity contribution in [3.63, 3.8) is 0 Å². The number of hydrogen-bond donors (Lipinski definition) is 0. The van der Waals surface area contributed by atoms with E-state index in [-0.39, 0.29) is 10.8 Å². The Balaban J connectivity index is 2.05. The normalized spacial score (nSPS) is 35.4. The van der Waals surface area contributed by atoms with Gasteiger partial charge in [-0.25, -0.2) is 0 Å². The summed E-state index contributed by atoms with van der Waals surface area (Å²) in [6.45, 7) is 4.54. The molecule has 0 N–H and O–H groups in total. The zero-order valence-electron chi connectivity index (χ0n) is 11.4. The molecule has 3 aliphatic carbocycles. The molecule has 0 amide bonds. The van der Waals surface area contributed by atoms with Crippen molar-refractivity contribution in [3.05, 3.63) is 47.0 Å². The lowest BCUT2D eigenvalue weighted by atomic mass is 9.68. The number of benzene rings is 1. The molecule has 2 unspecified atom stereocenters. The second-order valence-corrected chi connectivity index (χ2v) is 6.72. The summed E-state index contributed by atoms with van der Waals surface area (Å²) in [6, 6.07) is 8.44. The van der Waals surface area contributed by atoms with Crippen LogP contribution in [0, 0.1) is 16.7 Å². The van der Waals surface area contributed by atoms with Gasteiger partial charge in [-0.15, -0.1) is 0 Å². The molecule has 5 bridgehead atoms. The lowest BCUT2D eigenvalue weighted by molar-refractivity contribution is -0.123. The molecule has 2 atom stereocenters. The fourth-order valence-electron chi connectivity index (χ4n) is 4.44. The van der Waals surface area contributed by atoms with Gasteiger partial charge in [-0.1, -0.05) is 44.2 Å². The first-order chi connectivity index (χ1) is 9.04. The summed E-state index contributed by atoms with van der Waals surface area (Å²) in [6.07, 6.45) is 8.62. The van der Waals surface area contributed by atoms with E-state index in [1.807, 2.05) is 0 Å². The maximum Gasteiger partial charge on any atom is 0.169 e. The van der Waals surface area contributed by atoms with Crippen LogP contribution >= 0.6 is 0 Å². The molecule has 0 aliphatic heterocycles. The third-order valence-electron chi connectivity index (χ3n) is 5.68. The van der Waals surface area contributed by atoms with Gasteiger partial charge in [0.25, 0.3) is 0 Å². The molecule has 0 saturated heterocycles. The summed E-state index contributed by atoms with van der Waals surface area (Å²) in [7, 11) is 0. The van der Waals surface area contributed by atoms with E-state index in [9.17, 15) is 4.79 Å². The fourth-order valence-corrected chi connectivity index (χ4v) is 4.44. The molecule has 96 valence electrons. The molecule has 1 spiro atoms. The molecule has 19 heavy (non-hydrogen) atoms. The van der Waals surface area contributed by atoms with Crippen LogP contribution in [-0.4, -0.2) is 5.78 Å². The van der Waals surface area contributed by atoms with Gasteiger partial charge in [-0.05, 0) is 47.4 Å². The fraction of sp³-hybridized carbons (Fsp3) is 0.389. The predicted octanol–water partition coefficient (Wildman–Crippen LogP) is 4.10. The van der Waals surface area contributed by atoms with E-state index < -0.39 is 0 Å². The van der Waals surface area contributed by atoms with Crippen LogP contribution in [-0.2, 0) is 4.79 Å². The Morgan fingerprint density at radius 2 is 2.00 bits per heavy atom. The SMILES string of the molecule is CC1(C)C2CCC13/C=C\c1cccc(c1)C=C2C3=O. The molecule has 1 heteroatoms. The van der Waals surface area contributed by atoms with Gasteiger partial charge < -0.3 is 0 Å². The molecule has 4 rings (SSSR count).